The Morgan fingerprint density at radius 2 is 2.12 bits per heavy atom. The lowest BCUT2D eigenvalue weighted by Crippen LogP contribution is -2.27. The molecule has 1 N–H and O–H groups in total. The number of nitrogens with one attached hydrogen (secondary N) is 1. The molecule has 96 valence electrons. The fourth-order valence-electron chi connectivity index (χ4n) is 2.39. The molecule has 16 heavy (non-hydrogen) atoms. The van der Waals surface area contributed by atoms with Crippen LogP contribution in [0.15, 0.2) is 0 Å². The van der Waals surface area contributed by atoms with Crippen LogP contribution in [-0.2, 0) is 0 Å². The van der Waals surface area contributed by atoms with Crippen molar-refractivity contribution in [2.24, 2.45) is 5.92 Å². The number of nitrogens with zero attached hydrogens (tertiary/aromatic N) is 2. The topological polar surface area (TPSA) is 18.5 Å². The first-order chi connectivity index (χ1) is 7.72. The molecule has 0 aromatic carbocycles. The Bertz CT molecular complexity index is 171. The Labute approximate surface area is 101 Å². The highest BCUT2D eigenvalue weighted by Crippen LogP contribution is 2.15. The first-order valence-electron chi connectivity index (χ1n) is 6.80. The summed E-state index contributed by atoms with van der Waals surface area (Å²) >= 11 is 0. The van der Waals surface area contributed by atoms with Crippen molar-refractivity contribution in [2.75, 3.05) is 53.4 Å². The molecule has 0 aliphatic carbocycles. The molecule has 1 rings (SSSR count). The van der Waals surface area contributed by atoms with E-state index < -0.39 is 0 Å². The summed E-state index contributed by atoms with van der Waals surface area (Å²) in [6.45, 7) is 9.68. The van der Waals surface area contributed by atoms with Gasteiger partial charge in [0, 0.05) is 6.54 Å². The van der Waals surface area contributed by atoms with Crippen molar-refractivity contribution in [2.45, 2.75) is 26.2 Å². The summed E-state index contributed by atoms with van der Waals surface area (Å²) in [4.78, 5) is 4.91. The van der Waals surface area contributed by atoms with Gasteiger partial charge in [0.1, 0.15) is 0 Å². The summed E-state index contributed by atoms with van der Waals surface area (Å²) in [7, 11) is 4.31. The van der Waals surface area contributed by atoms with Crippen LogP contribution in [0.4, 0.5) is 0 Å². The molecule has 0 aromatic rings. The molecular formula is C13H29N3. The maximum Gasteiger partial charge on any atom is 0.00223 e. The normalized spacial score (nSPS) is 22.1. The van der Waals surface area contributed by atoms with Crippen molar-refractivity contribution in [3.63, 3.8) is 0 Å². The monoisotopic (exact) mass is 227 g/mol. The van der Waals surface area contributed by atoms with E-state index >= 15 is 0 Å². The molecule has 1 atom stereocenters. The van der Waals surface area contributed by atoms with Crippen molar-refractivity contribution in [3.8, 4) is 0 Å². The quantitative estimate of drug-likeness (QED) is 0.630. The number of hydrogen-bond donors (Lipinski definition) is 1. The van der Waals surface area contributed by atoms with E-state index in [-0.39, 0.29) is 0 Å². The molecule has 0 aromatic heterocycles. The minimum atomic E-state index is 0.897. The van der Waals surface area contributed by atoms with Crippen molar-refractivity contribution < 1.29 is 0 Å². The Hall–Kier alpha value is -0.120. The molecule has 0 bridgehead atoms. The second-order valence-corrected chi connectivity index (χ2v) is 5.27. The second kappa shape index (κ2) is 8.04. The Morgan fingerprint density at radius 3 is 2.81 bits per heavy atom. The average molecular weight is 227 g/mol. The van der Waals surface area contributed by atoms with E-state index in [0.717, 1.165) is 12.5 Å². The van der Waals surface area contributed by atoms with Gasteiger partial charge in [0.05, 0.1) is 0 Å². The third kappa shape index (κ3) is 5.83. The highest BCUT2D eigenvalue weighted by Gasteiger charge is 2.20. The molecule has 3 nitrogen and oxygen atoms in total. The Balaban J connectivity index is 1.98. The predicted octanol–water partition coefficient (Wildman–Crippen LogP) is 1.26. The zero-order valence-corrected chi connectivity index (χ0v) is 11.3. The van der Waals surface area contributed by atoms with Crippen molar-refractivity contribution in [1.29, 1.82) is 0 Å². The molecule has 0 amide bonds. The average Bonchev–Trinajstić information content (AvgIpc) is 2.69. The molecule has 1 aliphatic rings. The van der Waals surface area contributed by atoms with Gasteiger partial charge >= 0.3 is 0 Å². The molecule has 1 fully saturated rings. The van der Waals surface area contributed by atoms with Crippen LogP contribution in [-0.4, -0.2) is 63.2 Å². The van der Waals surface area contributed by atoms with Crippen molar-refractivity contribution in [3.05, 3.63) is 0 Å². The molecular weight excluding hydrogens is 198 g/mol. The van der Waals surface area contributed by atoms with Crippen molar-refractivity contribution in [1.82, 2.24) is 15.1 Å². The van der Waals surface area contributed by atoms with Gasteiger partial charge in [-0.25, -0.2) is 0 Å². The molecule has 0 radical (unpaired) electrons. The number of likely N-dealkylation sites (tertiary alicyclic amines) is 1. The lowest BCUT2D eigenvalue weighted by molar-refractivity contribution is 0.302. The van der Waals surface area contributed by atoms with Crippen molar-refractivity contribution >= 4 is 0 Å². The molecule has 1 heterocycles. The minimum absolute atomic E-state index is 0.897. The van der Waals surface area contributed by atoms with Crippen LogP contribution in [0.25, 0.3) is 0 Å². The first-order valence-corrected chi connectivity index (χ1v) is 6.80. The van der Waals surface area contributed by atoms with Crippen LogP contribution in [0.1, 0.15) is 26.2 Å². The molecule has 1 aliphatic heterocycles. The second-order valence-electron chi connectivity index (χ2n) is 5.27. The van der Waals surface area contributed by atoms with E-state index in [4.69, 9.17) is 0 Å². The standard InChI is InChI=1S/C13H29N3/c1-4-14-11-13-7-10-16(12-13)9-6-5-8-15(2)3/h13-14H,4-12H2,1-3H3. The molecule has 0 saturated carbocycles. The molecule has 0 spiro atoms. The maximum atomic E-state index is 3.46. The summed E-state index contributed by atoms with van der Waals surface area (Å²) in [6.07, 6.45) is 4.08. The van der Waals surface area contributed by atoms with Crippen LogP contribution in [0, 0.1) is 5.92 Å². The third-order valence-electron chi connectivity index (χ3n) is 3.38. The summed E-state index contributed by atoms with van der Waals surface area (Å²) in [6, 6.07) is 0. The van der Waals surface area contributed by atoms with E-state index in [1.165, 1.54) is 52.0 Å². The fourth-order valence-corrected chi connectivity index (χ4v) is 2.39. The number of hydrogen-bond acceptors (Lipinski definition) is 3. The zero-order chi connectivity index (χ0) is 11.8. The molecule has 1 unspecified atom stereocenters. The SMILES string of the molecule is CCNCC1CCN(CCCCN(C)C)C1. The lowest BCUT2D eigenvalue weighted by atomic mass is 10.1. The van der Waals surface area contributed by atoms with Gasteiger partial charge in [-0.3, -0.25) is 0 Å². The highest BCUT2D eigenvalue weighted by molar-refractivity contribution is 4.76. The van der Waals surface area contributed by atoms with Gasteiger partial charge in [-0.15, -0.1) is 0 Å². The van der Waals surface area contributed by atoms with E-state index in [0.29, 0.717) is 0 Å². The van der Waals surface area contributed by atoms with Crippen LogP contribution in [0.5, 0.6) is 0 Å². The van der Waals surface area contributed by atoms with Crippen LogP contribution >= 0.6 is 0 Å². The van der Waals surface area contributed by atoms with Gasteiger partial charge in [0.2, 0.25) is 0 Å². The smallest absolute Gasteiger partial charge is 0.00223 e. The van der Waals surface area contributed by atoms with Gasteiger partial charge in [0.25, 0.3) is 0 Å². The van der Waals surface area contributed by atoms with E-state index in [1.807, 2.05) is 0 Å². The van der Waals surface area contributed by atoms with Gasteiger partial charge in [-0.1, -0.05) is 6.92 Å². The van der Waals surface area contributed by atoms with Crippen LogP contribution in [0.3, 0.4) is 0 Å². The van der Waals surface area contributed by atoms with Gasteiger partial charge < -0.3 is 15.1 Å². The summed E-state index contributed by atoms with van der Waals surface area (Å²) < 4.78 is 0. The Kier molecular flexibility index (Phi) is 7.01. The van der Waals surface area contributed by atoms with E-state index in [9.17, 15) is 0 Å². The Morgan fingerprint density at radius 1 is 1.31 bits per heavy atom. The third-order valence-corrected chi connectivity index (χ3v) is 3.38. The summed E-state index contributed by atoms with van der Waals surface area (Å²) in [5.41, 5.74) is 0. The number of unbranched alkanes of at least 4 members (excludes halogenated alkanes) is 1. The fraction of sp³-hybridized carbons (Fsp3) is 1.00. The summed E-state index contributed by atoms with van der Waals surface area (Å²) in [5.74, 6) is 0.897. The zero-order valence-electron chi connectivity index (χ0n) is 11.3. The van der Waals surface area contributed by atoms with E-state index in [2.05, 4.69) is 36.1 Å². The lowest BCUT2D eigenvalue weighted by Gasteiger charge is -2.16. The largest absolute Gasteiger partial charge is 0.317 e. The van der Waals surface area contributed by atoms with Crippen LogP contribution < -0.4 is 5.32 Å². The van der Waals surface area contributed by atoms with Gasteiger partial charge in [-0.2, -0.15) is 0 Å². The predicted molar refractivity (Wildman–Crippen MR) is 70.9 cm³/mol. The van der Waals surface area contributed by atoms with E-state index in [1.54, 1.807) is 0 Å². The maximum absolute atomic E-state index is 3.46. The van der Waals surface area contributed by atoms with Gasteiger partial charge in [-0.05, 0) is 72.0 Å². The van der Waals surface area contributed by atoms with Crippen LogP contribution in [0.2, 0.25) is 0 Å². The number of rotatable bonds is 8. The first kappa shape index (κ1) is 13.9. The highest BCUT2D eigenvalue weighted by atomic mass is 15.1. The summed E-state index contributed by atoms with van der Waals surface area (Å²) in [5, 5.41) is 3.46. The van der Waals surface area contributed by atoms with Gasteiger partial charge in [0.15, 0.2) is 0 Å². The molecule has 1 saturated heterocycles. The molecule has 3 heteroatoms. The minimum Gasteiger partial charge on any atom is -0.317 e.